The molecule has 2 saturated heterocycles. The monoisotopic (exact) mass is 319 g/mol. The Kier molecular flexibility index (Phi) is 5.17. The zero-order valence-corrected chi connectivity index (χ0v) is 12.9. The molecule has 0 aromatic carbocycles. The van der Waals surface area contributed by atoms with Gasteiger partial charge in [-0.05, 0) is 19.8 Å². The summed E-state index contributed by atoms with van der Waals surface area (Å²) in [5, 5.41) is 2.60. The van der Waals surface area contributed by atoms with Gasteiger partial charge in [-0.1, -0.05) is 0 Å². The maximum Gasteiger partial charge on any atom is 0.309 e. The van der Waals surface area contributed by atoms with Crippen LogP contribution in [0.5, 0.6) is 0 Å². The van der Waals surface area contributed by atoms with Gasteiger partial charge in [0.1, 0.15) is 0 Å². The number of amides is 1. The van der Waals surface area contributed by atoms with Crippen molar-refractivity contribution in [2.75, 3.05) is 39.3 Å². The molecule has 2 aliphatic rings. The van der Waals surface area contributed by atoms with Crippen LogP contribution < -0.4 is 5.32 Å². The summed E-state index contributed by atoms with van der Waals surface area (Å²) in [7, 11) is -3.63. The predicted molar refractivity (Wildman–Crippen MR) is 74.4 cm³/mol. The van der Waals surface area contributed by atoms with E-state index in [1.807, 2.05) is 0 Å². The van der Waals surface area contributed by atoms with Crippen molar-refractivity contribution in [2.45, 2.75) is 19.8 Å². The SMILES string of the molecule is CCOC(=O)C1CCN(S(=O)(=O)N2CCNC(=O)C2)CC1. The highest BCUT2D eigenvalue weighted by Crippen LogP contribution is 2.22. The van der Waals surface area contributed by atoms with Crippen LogP contribution in [0.15, 0.2) is 0 Å². The van der Waals surface area contributed by atoms with Gasteiger partial charge in [0.25, 0.3) is 10.2 Å². The Balaban J connectivity index is 1.94. The van der Waals surface area contributed by atoms with Crippen molar-refractivity contribution in [3.63, 3.8) is 0 Å². The highest BCUT2D eigenvalue weighted by Gasteiger charge is 2.36. The highest BCUT2D eigenvalue weighted by atomic mass is 32.2. The summed E-state index contributed by atoms with van der Waals surface area (Å²) in [6, 6.07) is 0. The van der Waals surface area contributed by atoms with Gasteiger partial charge in [0.2, 0.25) is 5.91 Å². The third-order valence-electron chi connectivity index (χ3n) is 3.73. The lowest BCUT2D eigenvalue weighted by Gasteiger charge is -2.35. The number of carbonyl (C=O) groups excluding carboxylic acids is 2. The van der Waals surface area contributed by atoms with Gasteiger partial charge in [-0.3, -0.25) is 9.59 Å². The summed E-state index contributed by atoms with van der Waals surface area (Å²) >= 11 is 0. The molecule has 120 valence electrons. The number of carbonyl (C=O) groups is 2. The van der Waals surface area contributed by atoms with Crippen LogP contribution in [0.2, 0.25) is 0 Å². The molecule has 0 bridgehead atoms. The minimum atomic E-state index is -3.63. The van der Waals surface area contributed by atoms with Crippen LogP contribution in [0.1, 0.15) is 19.8 Å². The van der Waals surface area contributed by atoms with Crippen LogP contribution in [0, 0.1) is 5.92 Å². The van der Waals surface area contributed by atoms with Gasteiger partial charge < -0.3 is 10.1 Å². The zero-order chi connectivity index (χ0) is 15.5. The summed E-state index contributed by atoms with van der Waals surface area (Å²) in [6.45, 7) is 3.12. The number of piperidine rings is 1. The predicted octanol–water partition coefficient (Wildman–Crippen LogP) is -1.06. The normalized spacial score (nSPS) is 22.8. The molecular formula is C12H21N3O5S. The standard InChI is InChI=1S/C12H21N3O5S/c1-2-20-12(17)10-3-6-14(7-4-10)21(18,19)15-8-5-13-11(16)9-15/h10H,2-9H2,1H3,(H,13,16). The maximum absolute atomic E-state index is 12.4. The first kappa shape index (κ1) is 16.2. The summed E-state index contributed by atoms with van der Waals surface area (Å²) in [5.41, 5.74) is 0. The second-order valence-corrected chi connectivity index (χ2v) is 7.05. The first-order valence-electron chi connectivity index (χ1n) is 7.13. The van der Waals surface area contributed by atoms with Crippen molar-refractivity contribution >= 4 is 22.1 Å². The molecule has 0 spiro atoms. The molecule has 0 radical (unpaired) electrons. The van der Waals surface area contributed by atoms with Gasteiger partial charge in [-0.25, -0.2) is 0 Å². The summed E-state index contributed by atoms with van der Waals surface area (Å²) < 4.78 is 32.4. The van der Waals surface area contributed by atoms with E-state index >= 15 is 0 Å². The number of nitrogens with zero attached hydrogens (tertiary/aromatic N) is 2. The molecule has 0 aliphatic carbocycles. The third-order valence-corrected chi connectivity index (χ3v) is 5.71. The van der Waals surface area contributed by atoms with Crippen LogP contribution in [-0.2, 0) is 24.5 Å². The van der Waals surface area contributed by atoms with Crippen LogP contribution in [0.25, 0.3) is 0 Å². The first-order chi connectivity index (χ1) is 9.95. The fourth-order valence-electron chi connectivity index (χ4n) is 2.56. The van der Waals surface area contributed by atoms with Crippen LogP contribution >= 0.6 is 0 Å². The molecule has 2 heterocycles. The molecule has 1 amide bonds. The van der Waals surface area contributed by atoms with E-state index in [2.05, 4.69) is 5.32 Å². The molecule has 0 aromatic rings. The molecule has 21 heavy (non-hydrogen) atoms. The minimum absolute atomic E-state index is 0.139. The van der Waals surface area contributed by atoms with E-state index in [1.165, 1.54) is 8.61 Å². The molecular weight excluding hydrogens is 298 g/mol. The second-order valence-electron chi connectivity index (χ2n) is 5.12. The highest BCUT2D eigenvalue weighted by molar-refractivity contribution is 7.86. The number of rotatable bonds is 4. The summed E-state index contributed by atoms with van der Waals surface area (Å²) in [5.74, 6) is -0.779. The molecule has 0 unspecified atom stereocenters. The fraction of sp³-hybridized carbons (Fsp3) is 0.833. The Hall–Kier alpha value is -1.19. The molecule has 0 saturated carbocycles. The van der Waals surface area contributed by atoms with Gasteiger partial charge in [0.15, 0.2) is 0 Å². The topological polar surface area (TPSA) is 96.0 Å². The van der Waals surface area contributed by atoms with Crippen LogP contribution in [-0.4, -0.2) is 68.2 Å². The largest absolute Gasteiger partial charge is 0.466 e. The van der Waals surface area contributed by atoms with Gasteiger partial charge in [-0.2, -0.15) is 17.0 Å². The lowest BCUT2D eigenvalue weighted by Crippen LogP contribution is -2.55. The Labute approximate surface area is 124 Å². The van der Waals surface area contributed by atoms with Crippen molar-refractivity contribution in [2.24, 2.45) is 5.92 Å². The number of nitrogens with one attached hydrogen (secondary N) is 1. The van der Waals surface area contributed by atoms with Crippen molar-refractivity contribution in [1.29, 1.82) is 0 Å². The van der Waals surface area contributed by atoms with E-state index in [-0.39, 0.29) is 44.0 Å². The van der Waals surface area contributed by atoms with E-state index in [4.69, 9.17) is 4.74 Å². The Morgan fingerprint density at radius 2 is 1.95 bits per heavy atom. The molecule has 9 heteroatoms. The average molecular weight is 319 g/mol. The van der Waals surface area contributed by atoms with Gasteiger partial charge in [0, 0.05) is 26.2 Å². The van der Waals surface area contributed by atoms with Gasteiger partial charge in [-0.15, -0.1) is 0 Å². The molecule has 2 aliphatic heterocycles. The lowest BCUT2D eigenvalue weighted by atomic mass is 9.98. The first-order valence-corrected chi connectivity index (χ1v) is 8.53. The van der Waals surface area contributed by atoms with Crippen molar-refractivity contribution in [3.05, 3.63) is 0 Å². The zero-order valence-electron chi connectivity index (χ0n) is 12.1. The third kappa shape index (κ3) is 3.72. The minimum Gasteiger partial charge on any atom is -0.466 e. The molecule has 1 N–H and O–H groups in total. The number of esters is 1. The van der Waals surface area contributed by atoms with Crippen molar-refractivity contribution < 1.29 is 22.7 Å². The molecule has 2 fully saturated rings. The molecule has 0 atom stereocenters. The van der Waals surface area contributed by atoms with E-state index < -0.39 is 10.2 Å². The summed E-state index contributed by atoms with van der Waals surface area (Å²) in [6.07, 6.45) is 0.913. The Bertz CT molecular complexity index is 499. The maximum atomic E-state index is 12.4. The second kappa shape index (κ2) is 6.71. The number of hydrogen-bond acceptors (Lipinski definition) is 5. The quantitative estimate of drug-likeness (QED) is 0.666. The van der Waals surface area contributed by atoms with Crippen molar-refractivity contribution in [1.82, 2.24) is 13.9 Å². The fourth-order valence-corrected chi connectivity index (χ4v) is 4.16. The lowest BCUT2D eigenvalue weighted by molar-refractivity contribution is -0.149. The summed E-state index contributed by atoms with van der Waals surface area (Å²) in [4.78, 5) is 23.0. The van der Waals surface area contributed by atoms with Gasteiger partial charge >= 0.3 is 5.97 Å². The smallest absolute Gasteiger partial charge is 0.309 e. The van der Waals surface area contributed by atoms with E-state index in [9.17, 15) is 18.0 Å². The molecule has 8 nitrogen and oxygen atoms in total. The van der Waals surface area contributed by atoms with E-state index in [1.54, 1.807) is 6.92 Å². The van der Waals surface area contributed by atoms with E-state index in [0.717, 1.165) is 0 Å². The van der Waals surface area contributed by atoms with Crippen LogP contribution in [0.4, 0.5) is 0 Å². The van der Waals surface area contributed by atoms with E-state index in [0.29, 0.717) is 26.0 Å². The van der Waals surface area contributed by atoms with Gasteiger partial charge in [0.05, 0.1) is 19.1 Å². The number of piperazine rings is 1. The number of hydrogen-bond donors (Lipinski definition) is 1. The van der Waals surface area contributed by atoms with Crippen LogP contribution in [0.3, 0.4) is 0 Å². The molecule has 2 rings (SSSR count). The molecule has 0 aromatic heterocycles. The number of ether oxygens (including phenoxy) is 1. The van der Waals surface area contributed by atoms with Crippen molar-refractivity contribution in [3.8, 4) is 0 Å². The Morgan fingerprint density at radius 3 is 2.52 bits per heavy atom. The Morgan fingerprint density at radius 1 is 1.29 bits per heavy atom. The average Bonchev–Trinajstić information content (AvgIpc) is 2.47.